The van der Waals surface area contributed by atoms with E-state index in [-0.39, 0.29) is 6.04 Å². The van der Waals surface area contributed by atoms with Crippen molar-refractivity contribution in [2.24, 2.45) is 4.99 Å². The number of rotatable bonds is 6. The van der Waals surface area contributed by atoms with Crippen molar-refractivity contribution in [3.8, 4) is 5.75 Å². The summed E-state index contributed by atoms with van der Waals surface area (Å²) in [5.74, 6) is 0.836. The highest BCUT2D eigenvalue weighted by Crippen LogP contribution is 2.17. The Morgan fingerprint density at radius 1 is 0.920 bits per heavy atom. The minimum atomic E-state index is 0.141. The lowest BCUT2D eigenvalue weighted by atomic mass is 10.1. The summed E-state index contributed by atoms with van der Waals surface area (Å²) in [7, 11) is 0. The molecule has 0 aliphatic carbocycles. The zero-order chi connectivity index (χ0) is 17.5. The fourth-order valence-electron chi connectivity index (χ4n) is 2.41. The van der Waals surface area contributed by atoms with Crippen molar-refractivity contribution in [1.29, 1.82) is 0 Å². The van der Waals surface area contributed by atoms with Crippen LogP contribution in [0.25, 0.3) is 0 Å². The SMILES string of the molecule is CC(N=Cc1ccc(OCc2ccc(Cl)cc2)cc1)c1ccccc1. The van der Waals surface area contributed by atoms with E-state index in [9.17, 15) is 0 Å². The highest BCUT2D eigenvalue weighted by atomic mass is 35.5. The van der Waals surface area contributed by atoms with Crippen LogP contribution >= 0.6 is 11.6 Å². The number of nitrogens with zero attached hydrogens (tertiary/aromatic N) is 1. The van der Waals surface area contributed by atoms with Gasteiger partial charge in [-0.05, 0) is 60.0 Å². The van der Waals surface area contributed by atoms with Crippen LogP contribution in [0, 0.1) is 0 Å². The molecule has 0 radical (unpaired) electrons. The van der Waals surface area contributed by atoms with Crippen molar-refractivity contribution in [3.05, 3.63) is 101 Å². The van der Waals surface area contributed by atoms with Crippen LogP contribution in [0.15, 0.2) is 83.9 Å². The molecule has 3 rings (SSSR count). The second-order valence-electron chi connectivity index (χ2n) is 5.85. The van der Waals surface area contributed by atoms with E-state index in [0.29, 0.717) is 6.61 Å². The third-order valence-electron chi connectivity index (χ3n) is 3.93. The van der Waals surface area contributed by atoms with E-state index in [1.54, 1.807) is 0 Å². The molecule has 0 aromatic heterocycles. The molecule has 0 saturated heterocycles. The Morgan fingerprint density at radius 2 is 1.60 bits per heavy atom. The van der Waals surface area contributed by atoms with E-state index in [2.05, 4.69) is 24.0 Å². The molecule has 0 aliphatic rings. The lowest BCUT2D eigenvalue weighted by molar-refractivity contribution is 0.306. The molecule has 0 saturated carbocycles. The summed E-state index contributed by atoms with van der Waals surface area (Å²) < 4.78 is 5.79. The van der Waals surface area contributed by atoms with Gasteiger partial charge in [-0.3, -0.25) is 4.99 Å². The van der Waals surface area contributed by atoms with Gasteiger partial charge in [-0.15, -0.1) is 0 Å². The quantitative estimate of drug-likeness (QED) is 0.493. The number of benzene rings is 3. The number of halogens is 1. The van der Waals surface area contributed by atoms with Gasteiger partial charge >= 0.3 is 0 Å². The second-order valence-corrected chi connectivity index (χ2v) is 6.29. The van der Waals surface area contributed by atoms with Gasteiger partial charge in [0.1, 0.15) is 12.4 Å². The first-order valence-corrected chi connectivity index (χ1v) is 8.64. The lowest BCUT2D eigenvalue weighted by Gasteiger charge is -2.07. The Morgan fingerprint density at radius 3 is 2.28 bits per heavy atom. The molecule has 0 amide bonds. The highest BCUT2D eigenvalue weighted by molar-refractivity contribution is 6.30. The second kappa shape index (κ2) is 8.50. The number of aliphatic imine (C=N–C) groups is 1. The van der Waals surface area contributed by atoms with E-state index >= 15 is 0 Å². The minimum Gasteiger partial charge on any atom is -0.489 e. The first kappa shape index (κ1) is 17.2. The molecule has 3 aromatic carbocycles. The van der Waals surface area contributed by atoms with Crippen LogP contribution in [0.5, 0.6) is 5.75 Å². The monoisotopic (exact) mass is 349 g/mol. The molecule has 126 valence electrons. The molecule has 0 bridgehead atoms. The zero-order valence-corrected chi connectivity index (χ0v) is 14.9. The van der Waals surface area contributed by atoms with Gasteiger partial charge < -0.3 is 4.74 Å². The first-order chi connectivity index (χ1) is 12.2. The average Bonchev–Trinajstić information content (AvgIpc) is 2.67. The Labute approximate surface area is 153 Å². The summed E-state index contributed by atoms with van der Waals surface area (Å²) in [5.41, 5.74) is 3.36. The lowest BCUT2D eigenvalue weighted by Crippen LogP contribution is -1.95. The normalized spacial score (nSPS) is 12.2. The summed E-state index contributed by atoms with van der Waals surface area (Å²) in [4.78, 5) is 4.62. The van der Waals surface area contributed by atoms with E-state index in [0.717, 1.165) is 21.9 Å². The molecule has 1 atom stereocenters. The third-order valence-corrected chi connectivity index (χ3v) is 4.18. The molecule has 0 spiro atoms. The Bertz CT molecular complexity index is 811. The van der Waals surface area contributed by atoms with Crippen molar-refractivity contribution in [2.75, 3.05) is 0 Å². The van der Waals surface area contributed by atoms with Gasteiger partial charge in [-0.1, -0.05) is 54.1 Å². The van der Waals surface area contributed by atoms with Crippen LogP contribution in [0.3, 0.4) is 0 Å². The van der Waals surface area contributed by atoms with E-state index in [4.69, 9.17) is 16.3 Å². The van der Waals surface area contributed by atoms with Crippen molar-refractivity contribution < 1.29 is 4.74 Å². The van der Waals surface area contributed by atoms with Gasteiger partial charge in [0.05, 0.1) is 6.04 Å². The van der Waals surface area contributed by atoms with Crippen molar-refractivity contribution in [1.82, 2.24) is 0 Å². The Balaban J connectivity index is 1.56. The predicted molar refractivity (Wildman–Crippen MR) is 105 cm³/mol. The van der Waals surface area contributed by atoms with Crippen LogP contribution in [0.2, 0.25) is 5.02 Å². The molecule has 0 N–H and O–H groups in total. The van der Waals surface area contributed by atoms with Gasteiger partial charge in [0.15, 0.2) is 0 Å². The molecule has 0 aliphatic heterocycles. The van der Waals surface area contributed by atoms with E-state index in [1.807, 2.05) is 72.9 Å². The smallest absolute Gasteiger partial charge is 0.119 e. The average molecular weight is 350 g/mol. The molecule has 0 heterocycles. The zero-order valence-electron chi connectivity index (χ0n) is 14.1. The van der Waals surface area contributed by atoms with Crippen molar-refractivity contribution in [3.63, 3.8) is 0 Å². The molecule has 3 aromatic rings. The largest absolute Gasteiger partial charge is 0.489 e. The summed E-state index contributed by atoms with van der Waals surface area (Å²) >= 11 is 5.88. The third kappa shape index (κ3) is 5.20. The molecule has 1 unspecified atom stereocenters. The van der Waals surface area contributed by atoms with Crippen molar-refractivity contribution in [2.45, 2.75) is 19.6 Å². The molecule has 2 nitrogen and oxygen atoms in total. The van der Waals surface area contributed by atoms with Gasteiger partial charge in [-0.25, -0.2) is 0 Å². The summed E-state index contributed by atoms with van der Waals surface area (Å²) in [6.45, 7) is 2.62. The molecular formula is C22H20ClNO. The van der Waals surface area contributed by atoms with Crippen LogP contribution < -0.4 is 4.74 Å². The number of ether oxygens (including phenoxy) is 1. The number of hydrogen-bond donors (Lipinski definition) is 0. The van der Waals surface area contributed by atoms with E-state index < -0.39 is 0 Å². The Hall–Kier alpha value is -2.58. The Kier molecular flexibility index (Phi) is 5.86. The van der Waals surface area contributed by atoms with Crippen molar-refractivity contribution >= 4 is 17.8 Å². The van der Waals surface area contributed by atoms with Gasteiger partial charge in [0, 0.05) is 11.2 Å². The van der Waals surface area contributed by atoms with Crippen LogP contribution in [0.4, 0.5) is 0 Å². The first-order valence-electron chi connectivity index (χ1n) is 8.26. The maximum Gasteiger partial charge on any atom is 0.119 e. The molecule has 0 fully saturated rings. The van der Waals surface area contributed by atoms with Crippen LogP contribution in [-0.4, -0.2) is 6.21 Å². The minimum absolute atomic E-state index is 0.141. The molecule has 3 heteroatoms. The maximum absolute atomic E-state index is 5.88. The topological polar surface area (TPSA) is 21.6 Å². The van der Waals surface area contributed by atoms with Gasteiger partial charge in [0.2, 0.25) is 0 Å². The summed E-state index contributed by atoms with van der Waals surface area (Å²) in [6, 6.07) is 26.0. The number of hydrogen-bond acceptors (Lipinski definition) is 2. The van der Waals surface area contributed by atoms with Gasteiger partial charge in [0.25, 0.3) is 0 Å². The molecular weight excluding hydrogens is 330 g/mol. The van der Waals surface area contributed by atoms with E-state index in [1.165, 1.54) is 5.56 Å². The standard InChI is InChI=1S/C22H20ClNO/c1-17(20-5-3-2-4-6-20)24-15-18-9-13-22(14-10-18)25-16-19-7-11-21(23)12-8-19/h2-15,17H,16H2,1H3. The summed E-state index contributed by atoms with van der Waals surface area (Å²) in [5, 5.41) is 0.733. The maximum atomic E-state index is 5.88. The van der Waals surface area contributed by atoms with Gasteiger partial charge in [-0.2, -0.15) is 0 Å². The van der Waals surface area contributed by atoms with Crippen LogP contribution in [0.1, 0.15) is 29.7 Å². The fraction of sp³-hybridized carbons (Fsp3) is 0.136. The summed E-state index contributed by atoms with van der Waals surface area (Å²) in [6.07, 6.45) is 1.90. The highest BCUT2D eigenvalue weighted by Gasteiger charge is 2.01. The predicted octanol–water partition coefficient (Wildman–Crippen LogP) is 6.10. The molecule has 25 heavy (non-hydrogen) atoms. The fourth-order valence-corrected chi connectivity index (χ4v) is 2.54. The van der Waals surface area contributed by atoms with Crippen LogP contribution in [-0.2, 0) is 6.61 Å².